The standard InChI is InChI=1S/C25H16Cl3N3O5/c26-15-5-8-17(9-6-15)31-24(34)18(23(33)30-25(31)35)11-14-3-1-2-4-21(14)36-13-22(32)29-16-7-10-19(27)20(28)12-16/h1-12H,13H2,(H,29,32)(H,30,33,35)/b18-11-. The van der Waals surface area contributed by atoms with E-state index in [1.807, 2.05) is 0 Å². The summed E-state index contributed by atoms with van der Waals surface area (Å²) >= 11 is 17.7. The van der Waals surface area contributed by atoms with Crippen molar-refractivity contribution in [1.82, 2.24) is 5.32 Å². The number of halogens is 3. The number of imide groups is 2. The number of anilines is 2. The van der Waals surface area contributed by atoms with E-state index in [2.05, 4.69) is 10.6 Å². The Hall–Kier alpha value is -3.85. The average molecular weight is 545 g/mol. The van der Waals surface area contributed by atoms with Gasteiger partial charge in [0, 0.05) is 16.3 Å². The van der Waals surface area contributed by atoms with Gasteiger partial charge in [0.15, 0.2) is 6.61 Å². The number of rotatable bonds is 6. The van der Waals surface area contributed by atoms with Crippen LogP contribution >= 0.6 is 34.8 Å². The van der Waals surface area contributed by atoms with Gasteiger partial charge >= 0.3 is 6.03 Å². The molecule has 4 rings (SSSR count). The number of barbiturate groups is 1. The molecule has 1 fully saturated rings. The largest absolute Gasteiger partial charge is 0.483 e. The van der Waals surface area contributed by atoms with Crippen molar-refractivity contribution >= 4 is 76.0 Å². The normalized spacial score (nSPS) is 14.6. The van der Waals surface area contributed by atoms with Crippen molar-refractivity contribution in [3.05, 3.63) is 92.9 Å². The Morgan fingerprint density at radius 1 is 0.944 bits per heavy atom. The van der Waals surface area contributed by atoms with Gasteiger partial charge in [-0.3, -0.25) is 19.7 Å². The van der Waals surface area contributed by atoms with Crippen LogP contribution in [0.3, 0.4) is 0 Å². The molecule has 0 atom stereocenters. The molecule has 0 bridgehead atoms. The van der Waals surface area contributed by atoms with Gasteiger partial charge < -0.3 is 10.1 Å². The molecule has 0 aromatic heterocycles. The molecule has 3 aromatic rings. The number of urea groups is 1. The first-order valence-corrected chi connectivity index (χ1v) is 11.5. The quantitative estimate of drug-likeness (QED) is 0.322. The third-order valence-electron chi connectivity index (χ3n) is 4.97. The lowest BCUT2D eigenvalue weighted by Gasteiger charge is -2.26. The van der Waals surface area contributed by atoms with Gasteiger partial charge in [-0.05, 0) is 54.6 Å². The molecule has 3 aromatic carbocycles. The maximum absolute atomic E-state index is 13.1. The molecule has 1 aliphatic rings. The van der Waals surface area contributed by atoms with Gasteiger partial charge in [0.25, 0.3) is 17.7 Å². The minimum Gasteiger partial charge on any atom is -0.483 e. The molecule has 2 N–H and O–H groups in total. The number of amides is 5. The monoisotopic (exact) mass is 543 g/mol. The number of nitrogens with one attached hydrogen (secondary N) is 2. The molecule has 0 spiro atoms. The van der Waals surface area contributed by atoms with Crippen molar-refractivity contribution in [1.29, 1.82) is 0 Å². The van der Waals surface area contributed by atoms with Crippen molar-refractivity contribution in [3.63, 3.8) is 0 Å². The predicted molar refractivity (Wildman–Crippen MR) is 137 cm³/mol. The Balaban J connectivity index is 1.53. The highest BCUT2D eigenvalue weighted by atomic mass is 35.5. The summed E-state index contributed by atoms with van der Waals surface area (Å²) in [4.78, 5) is 51.1. The van der Waals surface area contributed by atoms with E-state index >= 15 is 0 Å². The van der Waals surface area contributed by atoms with Gasteiger partial charge in [-0.15, -0.1) is 0 Å². The van der Waals surface area contributed by atoms with Crippen molar-refractivity contribution < 1.29 is 23.9 Å². The zero-order valence-electron chi connectivity index (χ0n) is 18.3. The highest BCUT2D eigenvalue weighted by molar-refractivity contribution is 6.42. The third kappa shape index (κ3) is 5.68. The van der Waals surface area contributed by atoms with Gasteiger partial charge in [0.2, 0.25) is 0 Å². The fourth-order valence-corrected chi connectivity index (χ4v) is 3.71. The van der Waals surface area contributed by atoms with Gasteiger partial charge in [-0.25, -0.2) is 9.69 Å². The van der Waals surface area contributed by atoms with E-state index < -0.39 is 23.8 Å². The number of para-hydroxylation sites is 1. The summed E-state index contributed by atoms with van der Waals surface area (Å²) in [5.74, 6) is -1.91. The lowest BCUT2D eigenvalue weighted by Crippen LogP contribution is -2.54. The lowest BCUT2D eigenvalue weighted by molar-refractivity contribution is -0.122. The summed E-state index contributed by atoms with van der Waals surface area (Å²) in [5.41, 5.74) is 0.734. The lowest BCUT2D eigenvalue weighted by atomic mass is 10.1. The van der Waals surface area contributed by atoms with Crippen LogP contribution in [0.15, 0.2) is 72.3 Å². The van der Waals surface area contributed by atoms with E-state index in [9.17, 15) is 19.2 Å². The van der Waals surface area contributed by atoms with E-state index in [0.717, 1.165) is 4.90 Å². The van der Waals surface area contributed by atoms with Gasteiger partial charge in [-0.1, -0.05) is 53.0 Å². The number of nitrogens with zero attached hydrogens (tertiary/aromatic N) is 1. The number of benzene rings is 3. The summed E-state index contributed by atoms with van der Waals surface area (Å²) in [6.45, 7) is -0.365. The molecule has 1 heterocycles. The van der Waals surface area contributed by atoms with Crippen LogP contribution in [0.1, 0.15) is 5.56 Å². The first-order valence-electron chi connectivity index (χ1n) is 10.4. The molecule has 0 radical (unpaired) electrons. The summed E-state index contributed by atoms with van der Waals surface area (Å²) < 4.78 is 5.63. The van der Waals surface area contributed by atoms with Crippen LogP contribution in [-0.4, -0.2) is 30.4 Å². The second kappa shape index (κ2) is 10.8. The zero-order chi connectivity index (χ0) is 25.8. The molecule has 1 saturated heterocycles. The second-order valence-corrected chi connectivity index (χ2v) is 8.69. The first-order chi connectivity index (χ1) is 17.2. The highest BCUT2D eigenvalue weighted by Crippen LogP contribution is 2.27. The predicted octanol–water partition coefficient (Wildman–Crippen LogP) is 5.33. The van der Waals surface area contributed by atoms with Crippen LogP contribution < -0.4 is 20.3 Å². The number of hydrogen-bond donors (Lipinski definition) is 2. The smallest absolute Gasteiger partial charge is 0.335 e. The molecule has 0 aliphatic carbocycles. The van der Waals surface area contributed by atoms with Crippen LogP contribution in [0.2, 0.25) is 15.1 Å². The summed E-state index contributed by atoms with van der Waals surface area (Å²) in [6, 6.07) is 16.3. The molecular formula is C25H16Cl3N3O5. The molecule has 11 heteroatoms. The topological polar surface area (TPSA) is 105 Å². The Morgan fingerprint density at radius 2 is 1.67 bits per heavy atom. The molecule has 5 amide bonds. The average Bonchev–Trinajstić information content (AvgIpc) is 2.84. The molecule has 8 nitrogen and oxygen atoms in total. The second-order valence-electron chi connectivity index (χ2n) is 7.44. The summed E-state index contributed by atoms with van der Waals surface area (Å²) in [7, 11) is 0. The maximum atomic E-state index is 13.1. The van der Waals surface area contributed by atoms with Crippen molar-refractivity contribution in [2.45, 2.75) is 0 Å². The van der Waals surface area contributed by atoms with Gasteiger partial charge in [-0.2, -0.15) is 0 Å². The Bertz CT molecular complexity index is 1410. The molecule has 0 unspecified atom stereocenters. The minimum absolute atomic E-state index is 0.240. The Morgan fingerprint density at radius 3 is 2.39 bits per heavy atom. The van der Waals surface area contributed by atoms with Crippen LogP contribution in [0, 0.1) is 0 Å². The summed E-state index contributed by atoms with van der Waals surface area (Å²) in [5, 5.41) is 5.84. The number of hydrogen-bond acceptors (Lipinski definition) is 5. The van der Waals surface area contributed by atoms with E-state index in [0.29, 0.717) is 21.3 Å². The van der Waals surface area contributed by atoms with Crippen LogP contribution in [0.5, 0.6) is 5.75 Å². The van der Waals surface area contributed by atoms with Gasteiger partial charge in [0.1, 0.15) is 11.3 Å². The van der Waals surface area contributed by atoms with Crippen molar-refractivity contribution in [2.75, 3.05) is 16.8 Å². The third-order valence-corrected chi connectivity index (χ3v) is 5.96. The molecule has 182 valence electrons. The Labute approximate surface area is 220 Å². The fourth-order valence-electron chi connectivity index (χ4n) is 3.28. The molecular weight excluding hydrogens is 529 g/mol. The molecule has 1 aliphatic heterocycles. The zero-order valence-corrected chi connectivity index (χ0v) is 20.5. The highest BCUT2D eigenvalue weighted by Gasteiger charge is 2.37. The first kappa shape index (κ1) is 25.2. The number of carbonyl (C=O) groups is 4. The van der Waals surface area contributed by atoms with Crippen LogP contribution in [-0.2, 0) is 14.4 Å². The van der Waals surface area contributed by atoms with Crippen LogP contribution in [0.25, 0.3) is 6.08 Å². The summed E-state index contributed by atoms with van der Waals surface area (Å²) in [6.07, 6.45) is 1.29. The van der Waals surface area contributed by atoms with E-state index in [1.165, 1.54) is 36.4 Å². The molecule has 0 saturated carbocycles. The van der Waals surface area contributed by atoms with Crippen molar-refractivity contribution in [2.24, 2.45) is 0 Å². The fraction of sp³-hybridized carbons (Fsp3) is 0.0400. The maximum Gasteiger partial charge on any atom is 0.335 e. The molecule has 36 heavy (non-hydrogen) atoms. The van der Waals surface area contributed by atoms with Crippen molar-refractivity contribution in [3.8, 4) is 5.75 Å². The SMILES string of the molecule is O=C(COc1ccccc1/C=C1/C(=O)NC(=O)N(c2ccc(Cl)cc2)C1=O)Nc1ccc(Cl)c(Cl)c1. The number of carbonyl (C=O) groups excluding carboxylic acids is 4. The van der Waals surface area contributed by atoms with Crippen LogP contribution in [0.4, 0.5) is 16.2 Å². The van der Waals surface area contributed by atoms with E-state index in [4.69, 9.17) is 39.5 Å². The minimum atomic E-state index is -0.881. The van der Waals surface area contributed by atoms with E-state index in [1.54, 1.807) is 36.4 Å². The number of ether oxygens (including phenoxy) is 1. The van der Waals surface area contributed by atoms with E-state index in [-0.39, 0.29) is 28.6 Å². The van der Waals surface area contributed by atoms with Gasteiger partial charge in [0.05, 0.1) is 15.7 Å². The Kier molecular flexibility index (Phi) is 7.59.